The molecule has 0 radical (unpaired) electrons. The van der Waals surface area contributed by atoms with Crippen LogP contribution in [-0.4, -0.2) is 61.5 Å². The van der Waals surface area contributed by atoms with Gasteiger partial charge in [-0.05, 0) is 44.4 Å². The summed E-state index contributed by atoms with van der Waals surface area (Å²) < 4.78 is 43.7. The molecule has 7 nitrogen and oxygen atoms in total. The fourth-order valence-electron chi connectivity index (χ4n) is 3.17. The van der Waals surface area contributed by atoms with Crippen LogP contribution in [0.15, 0.2) is 24.3 Å². The monoisotopic (exact) mass is 414 g/mol. The summed E-state index contributed by atoms with van der Waals surface area (Å²) >= 11 is 0. The quantitative estimate of drug-likeness (QED) is 0.635. The lowest BCUT2D eigenvalue weighted by Crippen LogP contribution is -2.43. The zero-order valence-electron chi connectivity index (χ0n) is 16.4. The highest BCUT2D eigenvalue weighted by molar-refractivity contribution is 7.89. The van der Waals surface area contributed by atoms with Crippen LogP contribution in [0.4, 0.5) is 4.39 Å². The summed E-state index contributed by atoms with van der Waals surface area (Å²) in [5.74, 6) is -1.65. The van der Waals surface area contributed by atoms with E-state index in [1.54, 1.807) is 26.1 Å². The lowest BCUT2D eigenvalue weighted by molar-refractivity contribution is -0.163. The molecule has 1 amide bonds. The second-order valence-corrected chi connectivity index (χ2v) is 9.23. The van der Waals surface area contributed by atoms with Gasteiger partial charge in [-0.1, -0.05) is 12.1 Å². The molecule has 1 fully saturated rings. The maximum atomic E-state index is 13.3. The van der Waals surface area contributed by atoms with Gasteiger partial charge in [0.25, 0.3) is 5.91 Å². The van der Waals surface area contributed by atoms with Crippen LogP contribution in [0.5, 0.6) is 0 Å². The first-order valence-corrected chi connectivity index (χ1v) is 10.9. The molecule has 1 heterocycles. The van der Waals surface area contributed by atoms with Crippen LogP contribution in [0.3, 0.4) is 0 Å². The van der Waals surface area contributed by atoms with E-state index in [1.807, 2.05) is 0 Å². The Labute approximate surface area is 165 Å². The Bertz CT molecular complexity index is 806. The molecule has 1 aliphatic heterocycles. The zero-order chi connectivity index (χ0) is 20.9. The second kappa shape index (κ2) is 9.47. The highest BCUT2D eigenvalue weighted by Gasteiger charge is 2.32. The van der Waals surface area contributed by atoms with Gasteiger partial charge in [0.15, 0.2) is 6.10 Å². The van der Waals surface area contributed by atoms with Crippen molar-refractivity contribution in [2.45, 2.75) is 39.3 Å². The van der Waals surface area contributed by atoms with E-state index in [0.717, 1.165) is 0 Å². The number of esters is 1. The summed E-state index contributed by atoms with van der Waals surface area (Å²) in [7, 11) is -1.70. The van der Waals surface area contributed by atoms with E-state index in [9.17, 15) is 22.4 Å². The smallest absolute Gasteiger partial charge is 0.309 e. The largest absolute Gasteiger partial charge is 0.452 e. The third-order valence-corrected chi connectivity index (χ3v) is 6.75. The molecule has 1 aromatic carbocycles. The van der Waals surface area contributed by atoms with Crippen molar-refractivity contribution in [1.29, 1.82) is 0 Å². The molecule has 0 aromatic heterocycles. The molecule has 1 aliphatic rings. The van der Waals surface area contributed by atoms with Gasteiger partial charge in [-0.3, -0.25) is 9.59 Å². The number of amides is 1. The molecule has 156 valence electrons. The third kappa shape index (κ3) is 5.75. The number of nitrogens with zero attached hydrogens (tertiary/aromatic N) is 2. The van der Waals surface area contributed by atoms with E-state index in [2.05, 4.69) is 0 Å². The molecule has 1 unspecified atom stereocenters. The first kappa shape index (κ1) is 22.3. The molecule has 0 aliphatic carbocycles. The molecule has 28 heavy (non-hydrogen) atoms. The van der Waals surface area contributed by atoms with E-state index in [1.165, 1.54) is 28.3 Å². The van der Waals surface area contributed by atoms with Crippen LogP contribution in [0.2, 0.25) is 0 Å². The number of carbonyl (C=O) groups is 2. The highest BCUT2D eigenvalue weighted by Crippen LogP contribution is 2.22. The maximum Gasteiger partial charge on any atom is 0.309 e. The number of rotatable bonds is 7. The molecule has 0 bridgehead atoms. The van der Waals surface area contributed by atoms with Crippen molar-refractivity contribution < 1.29 is 27.1 Å². The van der Waals surface area contributed by atoms with Crippen molar-refractivity contribution in [2.24, 2.45) is 5.92 Å². The summed E-state index contributed by atoms with van der Waals surface area (Å²) in [5.41, 5.74) is 0.638. The minimum atomic E-state index is -3.26. The molecule has 0 spiro atoms. The van der Waals surface area contributed by atoms with E-state index in [-0.39, 0.29) is 37.1 Å². The Morgan fingerprint density at radius 2 is 1.96 bits per heavy atom. The molecule has 9 heteroatoms. The molecule has 1 atom stereocenters. The van der Waals surface area contributed by atoms with Gasteiger partial charge in [0.1, 0.15) is 5.82 Å². The van der Waals surface area contributed by atoms with Crippen molar-refractivity contribution >= 4 is 21.9 Å². The Morgan fingerprint density at radius 1 is 1.32 bits per heavy atom. The molecule has 0 N–H and O–H groups in total. The number of hydrogen-bond acceptors (Lipinski definition) is 5. The fraction of sp³-hybridized carbons (Fsp3) is 0.579. The highest BCUT2D eigenvalue weighted by atomic mass is 32.2. The van der Waals surface area contributed by atoms with Crippen molar-refractivity contribution in [1.82, 2.24) is 9.21 Å². The molecule has 1 aromatic rings. The zero-order valence-corrected chi connectivity index (χ0v) is 17.2. The molecular weight excluding hydrogens is 387 g/mol. The minimum absolute atomic E-state index is 0.0330. The van der Waals surface area contributed by atoms with Crippen LogP contribution in [0, 0.1) is 11.7 Å². The predicted octanol–water partition coefficient (Wildman–Crippen LogP) is 1.78. The standard InChI is InChI=1S/C19H27FN2O5S/c1-4-28(25,26)22-10-8-16(9-11-22)19(24)27-14(2)18(23)21(3)13-15-6-5-7-17(20)12-15/h5-7,12,14,16H,4,8-11,13H2,1-3H3. The van der Waals surface area contributed by atoms with E-state index in [4.69, 9.17) is 4.74 Å². The van der Waals surface area contributed by atoms with Crippen LogP contribution >= 0.6 is 0 Å². The number of carbonyl (C=O) groups excluding carboxylic acids is 2. The Balaban J connectivity index is 1.85. The Hall–Kier alpha value is -2.00. The van der Waals surface area contributed by atoms with Crippen LogP contribution in [0.1, 0.15) is 32.3 Å². The molecule has 0 saturated carbocycles. The number of hydrogen-bond donors (Lipinski definition) is 0. The van der Waals surface area contributed by atoms with Gasteiger partial charge in [0.05, 0.1) is 11.7 Å². The van der Waals surface area contributed by atoms with E-state index >= 15 is 0 Å². The predicted molar refractivity (Wildman–Crippen MR) is 102 cm³/mol. The number of piperidine rings is 1. The summed E-state index contributed by atoms with van der Waals surface area (Å²) in [5, 5.41) is 0. The third-order valence-electron chi connectivity index (χ3n) is 4.87. The Morgan fingerprint density at radius 3 is 2.54 bits per heavy atom. The minimum Gasteiger partial charge on any atom is -0.452 e. The number of likely N-dealkylation sites (N-methyl/N-ethyl adjacent to an activating group) is 1. The summed E-state index contributed by atoms with van der Waals surface area (Å²) in [6, 6.07) is 5.95. The SMILES string of the molecule is CCS(=O)(=O)N1CCC(C(=O)OC(C)C(=O)N(C)Cc2cccc(F)c2)CC1. The molecule has 1 saturated heterocycles. The average molecular weight is 414 g/mol. The first-order valence-electron chi connectivity index (χ1n) is 9.31. The lowest BCUT2D eigenvalue weighted by Gasteiger charge is -2.30. The van der Waals surface area contributed by atoms with Crippen molar-refractivity contribution in [3.05, 3.63) is 35.6 Å². The summed E-state index contributed by atoms with van der Waals surface area (Å²) in [4.78, 5) is 26.2. The van der Waals surface area contributed by atoms with Gasteiger partial charge in [-0.15, -0.1) is 0 Å². The van der Waals surface area contributed by atoms with Crippen molar-refractivity contribution in [3.63, 3.8) is 0 Å². The molecule has 2 rings (SSSR count). The number of benzene rings is 1. The van der Waals surface area contributed by atoms with Gasteiger partial charge < -0.3 is 9.64 Å². The van der Waals surface area contributed by atoms with E-state index < -0.39 is 28.0 Å². The maximum absolute atomic E-state index is 13.3. The van der Waals surface area contributed by atoms with E-state index in [0.29, 0.717) is 18.4 Å². The van der Waals surface area contributed by atoms with Gasteiger partial charge in [-0.2, -0.15) is 0 Å². The first-order chi connectivity index (χ1) is 13.1. The van der Waals surface area contributed by atoms with Gasteiger partial charge in [0, 0.05) is 26.7 Å². The number of ether oxygens (including phenoxy) is 1. The molecular formula is C19H27FN2O5S. The Kier molecular flexibility index (Phi) is 7.54. The lowest BCUT2D eigenvalue weighted by atomic mass is 9.98. The normalized spacial score (nSPS) is 17.1. The second-order valence-electron chi connectivity index (χ2n) is 6.98. The topological polar surface area (TPSA) is 84.0 Å². The van der Waals surface area contributed by atoms with Crippen LogP contribution in [-0.2, 0) is 30.9 Å². The van der Waals surface area contributed by atoms with Crippen molar-refractivity contribution in [3.8, 4) is 0 Å². The summed E-state index contributed by atoms with van der Waals surface area (Å²) in [6.45, 7) is 3.84. The van der Waals surface area contributed by atoms with Crippen LogP contribution < -0.4 is 0 Å². The van der Waals surface area contributed by atoms with Crippen LogP contribution in [0.25, 0.3) is 0 Å². The number of halogens is 1. The van der Waals surface area contributed by atoms with Gasteiger partial charge >= 0.3 is 5.97 Å². The van der Waals surface area contributed by atoms with Gasteiger partial charge in [0.2, 0.25) is 10.0 Å². The summed E-state index contributed by atoms with van der Waals surface area (Å²) in [6.07, 6.45) is -0.223. The average Bonchev–Trinajstić information content (AvgIpc) is 2.67. The number of sulfonamides is 1. The van der Waals surface area contributed by atoms with Gasteiger partial charge in [-0.25, -0.2) is 17.1 Å². The van der Waals surface area contributed by atoms with Crippen molar-refractivity contribution in [2.75, 3.05) is 25.9 Å². The fourth-order valence-corrected chi connectivity index (χ4v) is 4.30.